The van der Waals surface area contributed by atoms with Crippen molar-refractivity contribution < 1.29 is 4.39 Å². The molecule has 0 radical (unpaired) electrons. The normalized spacial score (nSPS) is 34.2. The molecular weight excluding hydrogens is 201 g/mol. The number of benzene rings is 1. The lowest BCUT2D eigenvalue weighted by atomic mass is 9.68. The Labute approximate surface area is 96.3 Å². The maximum atomic E-state index is 12.9. The zero-order valence-corrected chi connectivity index (χ0v) is 9.70. The molecule has 3 rings (SSSR count). The van der Waals surface area contributed by atoms with Crippen LogP contribution in [0.2, 0.25) is 0 Å². The van der Waals surface area contributed by atoms with Crippen molar-refractivity contribution in [3.8, 4) is 0 Å². The maximum absolute atomic E-state index is 12.9. The van der Waals surface area contributed by atoms with E-state index in [-0.39, 0.29) is 5.82 Å². The second-order valence-electron chi connectivity index (χ2n) is 5.28. The average Bonchev–Trinajstić information content (AvgIpc) is 2.28. The van der Waals surface area contributed by atoms with Gasteiger partial charge in [0.2, 0.25) is 0 Å². The molecule has 0 aromatic heterocycles. The number of likely N-dealkylation sites (tertiary alicyclic amines) is 1. The van der Waals surface area contributed by atoms with Crippen LogP contribution in [0, 0.1) is 11.7 Å². The molecule has 0 spiro atoms. The Morgan fingerprint density at radius 3 is 2.62 bits per heavy atom. The molecule has 0 N–H and O–H groups in total. The molecule has 2 aliphatic rings. The van der Waals surface area contributed by atoms with Gasteiger partial charge in [-0.2, -0.15) is 0 Å². The van der Waals surface area contributed by atoms with Crippen LogP contribution in [-0.2, 0) is 0 Å². The SMILES string of the molecule is CN1CC2CCCC(c3ccc(F)cc3)C21. The molecule has 1 saturated carbocycles. The highest BCUT2D eigenvalue weighted by Crippen LogP contribution is 2.44. The smallest absolute Gasteiger partial charge is 0.123 e. The monoisotopic (exact) mass is 219 g/mol. The standard InChI is InChI=1S/C14H18FN/c1-16-9-11-3-2-4-13(14(11)16)10-5-7-12(15)8-6-10/h5-8,11,13-14H,2-4,9H2,1H3. The Morgan fingerprint density at radius 2 is 1.94 bits per heavy atom. The van der Waals surface area contributed by atoms with Gasteiger partial charge < -0.3 is 4.90 Å². The van der Waals surface area contributed by atoms with E-state index < -0.39 is 0 Å². The third kappa shape index (κ3) is 1.56. The number of hydrogen-bond donors (Lipinski definition) is 0. The van der Waals surface area contributed by atoms with Crippen molar-refractivity contribution in [2.45, 2.75) is 31.2 Å². The van der Waals surface area contributed by atoms with Crippen LogP contribution in [-0.4, -0.2) is 24.5 Å². The number of rotatable bonds is 1. The second kappa shape index (κ2) is 3.85. The lowest BCUT2D eigenvalue weighted by molar-refractivity contribution is -0.00733. The fourth-order valence-corrected chi connectivity index (χ4v) is 3.56. The minimum atomic E-state index is -0.127. The molecule has 2 heteroatoms. The van der Waals surface area contributed by atoms with E-state index in [2.05, 4.69) is 11.9 Å². The second-order valence-corrected chi connectivity index (χ2v) is 5.28. The molecule has 1 heterocycles. The Morgan fingerprint density at radius 1 is 1.19 bits per heavy atom. The van der Waals surface area contributed by atoms with Crippen molar-refractivity contribution in [2.24, 2.45) is 5.92 Å². The number of fused-ring (bicyclic) bond motifs is 1. The molecule has 1 aliphatic carbocycles. The van der Waals surface area contributed by atoms with E-state index >= 15 is 0 Å². The lowest BCUT2D eigenvalue weighted by Crippen LogP contribution is -2.58. The first-order valence-corrected chi connectivity index (χ1v) is 6.21. The van der Waals surface area contributed by atoms with Crippen LogP contribution in [0.3, 0.4) is 0 Å². The van der Waals surface area contributed by atoms with Crippen molar-refractivity contribution >= 4 is 0 Å². The maximum Gasteiger partial charge on any atom is 0.123 e. The van der Waals surface area contributed by atoms with Gasteiger partial charge in [0, 0.05) is 12.6 Å². The van der Waals surface area contributed by atoms with Crippen molar-refractivity contribution in [1.82, 2.24) is 4.90 Å². The molecule has 86 valence electrons. The van der Waals surface area contributed by atoms with Gasteiger partial charge in [-0.25, -0.2) is 4.39 Å². The summed E-state index contributed by atoms with van der Waals surface area (Å²) in [7, 11) is 2.21. The average molecular weight is 219 g/mol. The fourth-order valence-electron chi connectivity index (χ4n) is 3.56. The Bertz CT molecular complexity index is 371. The van der Waals surface area contributed by atoms with E-state index in [0.29, 0.717) is 12.0 Å². The number of halogens is 1. The van der Waals surface area contributed by atoms with Gasteiger partial charge in [0.15, 0.2) is 0 Å². The molecular formula is C14H18FN. The summed E-state index contributed by atoms with van der Waals surface area (Å²) in [6.45, 7) is 1.25. The predicted molar refractivity (Wildman–Crippen MR) is 62.9 cm³/mol. The molecule has 1 nitrogen and oxygen atoms in total. The van der Waals surface area contributed by atoms with Gasteiger partial charge in [-0.1, -0.05) is 18.6 Å². The van der Waals surface area contributed by atoms with Gasteiger partial charge in [-0.15, -0.1) is 0 Å². The first-order valence-electron chi connectivity index (χ1n) is 6.21. The van der Waals surface area contributed by atoms with Gasteiger partial charge in [0.1, 0.15) is 5.82 Å². The highest BCUT2D eigenvalue weighted by molar-refractivity contribution is 5.24. The van der Waals surface area contributed by atoms with Gasteiger partial charge in [-0.05, 0) is 49.4 Å². The Kier molecular flexibility index (Phi) is 2.47. The van der Waals surface area contributed by atoms with Crippen LogP contribution >= 0.6 is 0 Å². The zero-order chi connectivity index (χ0) is 11.1. The minimum absolute atomic E-state index is 0.127. The molecule has 0 bridgehead atoms. The number of likely N-dealkylation sites (N-methyl/N-ethyl adjacent to an activating group) is 1. The molecule has 1 aromatic rings. The van der Waals surface area contributed by atoms with Crippen LogP contribution in [0.25, 0.3) is 0 Å². The van der Waals surface area contributed by atoms with Crippen LogP contribution in [0.15, 0.2) is 24.3 Å². The lowest BCUT2D eigenvalue weighted by Gasteiger charge is -2.53. The van der Waals surface area contributed by atoms with Crippen LogP contribution in [0.4, 0.5) is 4.39 Å². The van der Waals surface area contributed by atoms with E-state index in [0.717, 1.165) is 5.92 Å². The molecule has 3 atom stereocenters. The van der Waals surface area contributed by atoms with Crippen molar-refractivity contribution in [1.29, 1.82) is 0 Å². The van der Waals surface area contributed by atoms with Crippen molar-refractivity contribution in [2.75, 3.05) is 13.6 Å². The molecule has 1 aromatic carbocycles. The minimum Gasteiger partial charge on any atom is -0.302 e. The first kappa shape index (κ1) is 10.3. The van der Waals surface area contributed by atoms with Crippen LogP contribution in [0.1, 0.15) is 30.7 Å². The van der Waals surface area contributed by atoms with Gasteiger partial charge in [0.25, 0.3) is 0 Å². The molecule has 16 heavy (non-hydrogen) atoms. The Balaban J connectivity index is 1.85. The molecule has 0 amide bonds. The number of hydrogen-bond acceptors (Lipinski definition) is 1. The summed E-state index contributed by atoms with van der Waals surface area (Å²) in [5, 5.41) is 0. The highest BCUT2D eigenvalue weighted by atomic mass is 19.1. The van der Waals surface area contributed by atoms with E-state index in [4.69, 9.17) is 0 Å². The fraction of sp³-hybridized carbons (Fsp3) is 0.571. The summed E-state index contributed by atoms with van der Waals surface area (Å²) < 4.78 is 12.9. The topological polar surface area (TPSA) is 3.24 Å². The quantitative estimate of drug-likeness (QED) is 0.701. The predicted octanol–water partition coefficient (Wildman–Crippen LogP) is 3.02. The summed E-state index contributed by atoms with van der Waals surface area (Å²) in [6.07, 6.45) is 3.97. The summed E-state index contributed by atoms with van der Waals surface area (Å²) in [6, 6.07) is 7.83. The van der Waals surface area contributed by atoms with E-state index in [9.17, 15) is 4.39 Å². The molecule has 1 saturated heterocycles. The van der Waals surface area contributed by atoms with E-state index in [1.54, 1.807) is 12.1 Å². The number of nitrogens with zero attached hydrogens (tertiary/aromatic N) is 1. The van der Waals surface area contributed by atoms with Gasteiger partial charge >= 0.3 is 0 Å². The third-order valence-corrected chi connectivity index (χ3v) is 4.31. The molecule has 2 fully saturated rings. The molecule has 3 unspecified atom stereocenters. The van der Waals surface area contributed by atoms with Gasteiger partial charge in [-0.3, -0.25) is 0 Å². The zero-order valence-electron chi connectivity index (χ0n) is 9.70. The highest BCUT2D eigenvalue weighted by Gasteiger charge is 2.43. The van der Waals surface area contributed by atoms with Crippen molar-refractivity contribution in [3.63, 3.8) is 0 Å². The van der Waals surface area contributed by atoms with E-state index in [1.807, 2.05) is 12.1 Å². The largest absolute Gasteiger partial charge is 0.302 e. The summed E-state index contributed by atoms with van der Waals surface area (Å²) in [4.78, 5) is 2.46. The van der Waals surface area contributed by atoms with Crippen LogP contribution in [0.5, 0.6) is 0 Å². The molecule has 1 aliphatic heterocycles. The summed E-state index contributed by atoms with van der Waals surface area (Å²) in [5.41, 5.74) is 1.32. The summed E-state index contributed by atoms with van der Waals surface area (Å²) in [5.74, 6) is 1.38. The van der Waals surface area contributed by atoms with Crippen molar-refractivity contribution in [3.05, 3.63) is 35.6 Å². The van der Waals surface area contributed by atoms with E-state index in [1.165, 1.54) is 31.4 Å². The third-order valence-electron chi connectivity index (χ3n) is 4.31. The summed E-state index contributed by atoms with van der Waals surface area (Å²) >= 11 is 0. The Hall–Kier alpha value is -0.890. The van der Waals surface area contributed by atoms with Gasteiger partial charge in [0.05, 0.1) is 0 Å². The first-order chi connectivity index (χ1) is 7.75. The van der Waals surface area contributed by atoms with Crippen LogP contribution < -0.4 is 0 Å².